The SMILES string of the molecule is NC(CSSCC(N)C(=O)NN(CCCl)CCCl)C(=O)NN(CCCl)CCCl. The van der Waals surface area contributed by atoms with Gasteiger partial charge in [0.2, 0.25) is 0 Å². The second-order valence-corrected chi connectivity index (χ2v) is 9.53. The van der Waals surface area contributed by atoms with Crippen molar-refractivity contribution in [2.45, 2.75) is 12.1 Å². The van der Waals surface area contributed by atoms with E-state index in [1.54, 1.807) is 10.0 Å². The number of hydrogen-bond donors (Lipinski definition) is 4. The summed E-state index contributed by atoms with van der Waals surface area (Å²) in [6.45, 7) is 1.90. The first kappa shape index (κ1) is 28.6. The number of nitrogens with one attached hydrogen (secondary N) is 2. The predicted molar refractivity (Wildman–Crippen MR) is 123 cm³/mol. The van der Waals surface area contributed by atoms with E-state index in [4.69, 9.17) is 57.9 Å². The van der Waals surface area contributed by atoms with Gasteiger partial charge in [-0.25, -0.2) is 10.0 Å². The van der Waals surface area contributed by atoms with Crippen molar-refractivity contribution in [3.05, 3.63) is 0 Å². The second-order valence-electron chi connectivity index (χ2n) is 5.46. The summed E-state index contributed by atoms with van der Waals surface area (Å²) in [7, 11) is 2.75. The molecule has 8 nitrogen and oxygen atoms in total. The molecule has 166 valence electrons. The Bertz CT molecular complexity index is 395. The molecule has 0 aromatic heterocycles. The Balaban J connectivity index is 4.14. The molecule has 0 bridgehead atoms. The summed E-state index contributed by atoms with van der Waals surface area (Å²) in [5.74, 6) is 1.56. The molecule has 0 heterocycles. The molecule has 0 saturated heterocycles. The molecule has 0 fully saturated rings. The molecule has 28 heavy (non-hydrogen) atoms. The Labute approximate surface area is 194 Å². The van der Waals surface area contributed by atoms with Crippen LogP contribution in [-0.4, -0.2) is 95.1 Å². The van der Waals surface area contributed by atoms with Gasteiger partial charge in [0.1, 0.15) is 0 Å². The lowest BCUT2D eigenvalue weighted by Crippen LogP contribution is -2.52. The Kier molecular flexibility index (Phi) is 18.8. The minimum Gasteiger partial charge on any atom is -0.319 e. The molecule has 0 radical (unpaired) electrons. The molecule has 14 heteroatoms. The number of alkyl halides is 4. The average molecular weight is 518 g/mol. The molecular formula is C14H28Cl4N6O2S2. The maximum Gasteiger partial charge on any atom is 0.252 e. The number of nitrogens with zero attached hydrogens (tertiary/aromatic N) is 2. The molecule has 0 aliphatic heterocycles. The highest BCUT2D eigenvalue weighted by atomic mass is 35.5. The maximum absolute atomic E-state index is 12.1. The Morgan fingerprint density at radius 1 is 0.714 bits per heavy atom. The number of halogens is 4. The summed E-state index contributed by atoms with van der Waals surface area (Å²) in [4.78, 5) is 24.2. The summed E-state index contributed by atoms with van der Waals surface area (Å²) < 4.78 is 0. The number of hydrogen-bond acceptors (Lipinski definition) is 8. The van der Waals surface area contributed by atoms with Crippen LogP contribution in [0.5, 0.6) is 0 Å². The van der Waals surface area contributed by atoms with Gasteiger partial charge in [0.05, 0.1) is 12.1 Å². The quantitative estimate of drug-likeness (QED) is 0.0961. The van der Waals surface area contributed by atoms with Crippen LogP contribution in [0.2, 0.25) is 0 Å². The highest BCUT2D eigenvalue weighted by Crippen LogP contribution is 2.22. The number of rotatable bonds is 17. The van der Waals surface area contributed by atoms with Gasteiger partial charge in [-0.05, 0) is 0 Å². The number of amides is 2. The third-order valence-electron chi connectivity index (χ3n) is 3.21. The predicted octanol–water partition coefficient (Wildman–Crippen LogP) is 0.644. The van der Waals surface area contributed by atoms with Crippen molar-refractivity contribution < 1.29 is 9.59 Å². The summed E-state index contributed by atoms with van der Waals surface area (Å²) in [6, 6.07) is -1.42. The van der Waals surface area contributed by atoms with Crippen molar-refractivity contribution in [1.29, 1.82) is 0 Å². The lowest BCUT2D eigenvalue weighted by atomic mass is 10.3. The van der Waals surface area contributed by atoms with E-state index in [0.29, 0.717) is 61.2 Å². The molecular weight excluding hydrogens is 490 g/mol. The second kappa shape index (κ2) is 18.4. The van der Waals surface area contributed by atoms with Crippen LogP contribution in [0.25, 0.3) is 0 Å². The van der Waals surface area contributed by atoms with Crippen LogP contribution in [0.3, 0.4) is 0 Å². The first-order valence-electron chi connectivity index (χ1n) is 8.49. The normalized spacial score (nSPS) is 13.6. The molecule has 0 spiro atoms. The number of hydrazine groups is 2. The largest absolute Gasteiger partial charge is 0.319 e. The van der Waals surface area contributed by atoms with Crippen molar-refractivity contribution in [2.24, 2.45) is 11.5 Å². The molecule has 0 aromatic carbocycles. The fourth-order valence-electron chi connectivity index (χ4n) is 1.73. The first-order chi connectivity index (χ1) is 13.4. The van der Waals surface area contributed by atoms with Crippen LogP contribution < -0.4 is 22.3 Å². The first-order valence-corrected chi connectivity index (χ1v) is 13.1. The lowest BCUT2D eigenvalue weighted by molar-refractivity contribution is -0.127. The van der Waals surface area contributed by atoms with E-state index in [0.717, 1.165) is 0 Å². The Hall–Kier alpha value is 0.640. The third-order valence-corrected chi connectivity index (χ3v) is 6.36. The molecule has 2 unspecified atom stereocenters. The van der Waals surface area contributed by atoms with E-state index in [-0.39, 0.29) is 11.8 Å². The lowest BCUT2D eigenvalue weighted by Gasteiger charge is -2.23. The number of carbonyl (C=O) groups excluding carboxylic acids is 2. The zero-order valence-electron chi connectivity index (χ0n) is 15.4. The molecule has 0 saturated carbocycles. The van der Waals surface area contributed by atoms with Crippen molar-refractivity contribution in [3.8, 4) is 0 Å². The standard InChI is InChI=1S/C14H28Cl4N6O2S2/c15-1-5-23(6-2-16)21-13(25)11(19)9-27-28-10-12(20)14(26)22-24(7-3-17)8-4-18/h11-12H,1-10,19-20H2,(H,21,25)(H,22,26). The fraction of sp³-hybridized carbons (Fsp3) is 0.857. The maximum atomic E-state index is 12.1. The van der Waals surface area contributed by atoms with Crippen LogP contribution >= 0.6 is 68.0 Å². The zero-order valence-corrected chi connectivity index (χ0v) is 20.1. The van der Waals surface area contributed by atoms with Gasteiger partial charge >= 0.3 is 0 Å². The summed E-state index contributed by atoms with van der Waals surface area (Å²) >= 11 is 22.7. The van der Waals surface area contributed by atoms with Gasteiger partial charge in [-0.15, -0.1) is 46.4 Å². The van der Waals surface area contributed by atoms with Crippen molar-refractivity contribution in [2.75, 3.05) is 61.2 Å². The van der Waals surface area contributed by atoms with Crippen molar-refractivity contribution >= 4 is 79.8 Å². The molecule has 0 rings (SSSR count). The van der Waals surface area contributed by atoms with Crippen molar-refractivity contribution in [1.82, 2.24) is 20.9 Å². The minimum atomic E-state index is -0.710. The molecule has 0 aliphatic rings. The molecule has 0 aromatic rings. The summed E-state index contributed by atoms with van der Waals surface area (Å²) in [6.07, 6.45) is 0. The Morgan fingerprint density at radius 2 is 1.00 bits per heavy atom. The van der Waals surface area contributed by atoms with Crippen molar-refractivity contribution in [3.63, 3.8) is 0 Å². The average Bonchev–Trinajstić information content (AvgIpc) is 2.65. The van der Waals surface area contributed by atoms with Gasteiger partial charge in [0.25, 0.3) is 11.8 Å². The highest BCUT2D eigenvalue weighted by Gasteiger charge is 2.19. The van der Waals surface area contributed by atoms with E-state index in [2.05, 4.69) is 10.9 Å². The van der Waals surface area contributed by atoms with Gasteiger partial charge in [0, 0.05) is 61.2 Å². The monoisotopic (exact) mass is 516 g/mol. The van der Waals surface area contributed by atoms with E-state index in [9.17, 15) is 9.59 Å². The van der Waals surface area contributed by atoms with Gasteiger partial charge in [-0.2, -0.15) is 0 Å². The van der Waals surface area contributed by atoms with Gasteiger partial charge in [0.15, 0.2) is 0 Å². The zero-order chi connectivity index (χ0) is 21.4. The molecule has 2 atom stereocenters. The van der Waals surface area contributed by atoms with E-state index >= 15 is 0 Å². The van der Waals surface area contributed by atoms with Gasteiger partial charge in [-0.1, -0.05) is 21.6 Å². The smallest absolute Gasteiger partial charge is 0.252 e. The van der Waals surface area contributed by atoms with Crippen LogP contribution in [0.15, 0.2) is 0 Å². The van der Waals surface area contributed by atoms with Gasteiger partial charge < -0.3 is 11.5 Å². The summed E-state index contributed by atoms with van der Waals surface area (Å²) in [5.41, 5.74) is 17.2. The molecule has 6 N–H and O–H groups in total. The highest BCUT2D eigenvalue weighted by molar-refractivity contribution is 8.76. The summed E-state index contributed by atoms with van der Waals surface area (Å²) in [5, 5.41) is 3.27. The van der Waals surface area contributed by atoms with Crippen LogP contribution in [0.1, 0.15) is 0 Å². The topological polar surface area (TPSA) is 117 Å². The minimum absolute atomic E-state index is 0.317. The van der Waals surface area contributed by atoms with E-state index in [1.807, 2.05) is 0 Å². The van der Waals surface area contributed by atoms with E-state index < -0.39 is 12.1 Å². The Morgan fingerprint density at radius 3 is 1.25 bits per heavy atom. The number of nitrogens with two attached hydrogens (primary N) is 2. The van der Waals surface area contributed by atoms with E-state index in [1.165, 1.54) is 21.6 Å². The third kappa shape index (κ3) is 13.8. The molecule has 0 aliphatic carbocycles. The van der Waals surface area contributed by atoms with Crippen LogP contribution in [0, 0.1) is 0 Å². The van der Waals surface area contributed by atoms with Crippen LogP contribution in [-0.2, 0) is 9.59 Å². The van der Waals surface area contributed by atoms with Gasteiger partial charge in [-0.3, -0.25) is 20.4 Å². The number of carbonyl (C=O) groups is 2. The van der Waals surface area contributed by atoms with Crippen LogP contribution in [0.4, 0.5) is 0 Å². The molecule has 2 amide bonds. The fourth-order valence-corrected chi connectivity index (χ4v) is 4.79.